The first-order valence-electron chi connectivity index (χ1n) is 3.86. The van der Waals surface area contributed by atoms with Gasteiger partial charge in [-0.1, -0.05) is 25.1 Å². The van der Waals surface area contributed by atoms with Crippen LogP contribution in [0.4, 0.5) is 0 Å². The van der Waals surface area contributed by atoms with Crippen molar-refractivity contribution in [1.82, 2.24) is 0 Å². The lowest BCUT2D eigenvalue weighted by Gasteiger charge is -2.03. The van der Waals surface area contributed by atoms with E-state index in [1.807, 2.05) is 19.1 Å². The van der Waals surface area contributed by atoms with E-state index in [-0.39, 0.29) is 6.61 Å². The minimum Gasteiger partial charge on any atom is -0.392 e. The first kappa shape index (κ1) is 9.42. The molecule has 0 heterocycles. The van der Waals surface area contributed by atoms with Gasteiger partial charge in [-0.05, 0) is 11.6 Å². The molecule has 0 fully saturated rings. The van der Waals surface area contributed by atoms with Crippen LogP contribution in [0.5, 0.6) is 0 Å². The van der Waals surface area contributed by atoms with Crippen LogP contribution in [-0.2, 0) is 17.4 Å². The summed E-state index contributed by atoms with van der Waals surface area (Å²) >= 11 is 0. The molecule has 0 aliphatic rings. The number of hydrogen-bond acceptors (Lipinski definition) is 2. The van der Waals surface area contributed by atoms with E-state index in [2.05, 4.69) is 0 Å². The van der Waals surface area contributed by atoms with Crippen molar-refractivity contribution in [2.75, 3.05) is 5.75 Å². The average Bonchev–Trinajstić information content (AvgIpc) is 2.16. The molecule has 1 unspecified atom stereocenters. The Bertz CT molecular complexity index is 284. The Hall–Kier alpha value is -0.670. The van der Waals surface area contributed by atoms with Gasteiger partial charge in [0.2, 0.25) is 0 Å². The first-order chi connectivity index (χ1) is 5.79. The Morgan fingerprint density at radius 2 is 2.08 bits per heavy atom. The summed E-state index contributed by atoms with van der Waals surface area (Å²) in [5.41, 5.74) is 0.762. The summed E-state index contributed by atoms with van der Waals surface area (Å²) in [4.78, 5) is 0.752. The quantitative estimate of drug-likeness (QED) is 0.769. The van der Waals surface area contributed by atoms with Crippen molar-refractivity contribution in [3.05, 3.63) is 29.8 Å². The lowest BCUT2D eigenvalue weighted by atomic mass is 10.2. The molecule has 0 bridgehead atoms. The number of aliphatic hydroxyl groups excluding tert-OH is 1. The van der Waals surface area contributed by atoms with Crippen LogP contribution in [0.1, 0.15) is 12.5 Å². The summed E-state index contributed by atoms with van der Waals surface area (Å²) in [7, 11) is -0.962. The molecule has 1 aromatic rings. The number of benzene rings is 1. The average molecular weight is 184 g/mol. The summed E-state index contributed by atoms with van der Waals surface area (Å²) in [5, 5.41) is 8.93. The van der Waals surface area contributed by atoms with E-state index in [0.717, 1.165) is 10.5 Å². The monoisotopic (exact) mass is 184 g/mol. The van der Waals surface area contributed by atoms with Crippen LogP contribution in [0.15, 0.2) is 29.2 Å². The SMILES string of the molecule is CCS(=O)c1ccccc1CO. The second kappa shape index (κ2) is 4.38. The maximum atomic E-state index is 11.4. The van der Waals surface area contributed by atoms with Gasteiger partial charge in [0.15, 0.2) is 0 Å². The van der Waals surface area contributed by atoms with Gasteiger partial charge in [-0.3, -0.25) is 4.21 Å². The zero-order valence-electron chi connectivity index (χ0n) is 6.99. The molecule has 1 rings (SSSR count). The van der Waals surface area contributed by atoms with Crippen LogP contribution in [-0.4, -0.2) is 15.1 Å². The van der Waals surface area contributed by atoms with Crippen molar-refractivity contribution >= 4 is 10.8 Å². The highest BCUT2D eigenvalue weighted by Gasteiger charge is 2.05. The molecule has 3 heteroatoms. The summed E-state index contributed by atoms with van der Waals surface area (Å²) in [5.74, 6) is 0.594. The van der Waals surface area contributed by atoms with Gasteiger partial charge in [0.1, 0.15) is 0 Å². The Morgan fingerprint density at radius 3 is 2.67 bits per heavy atom. The Morgan fingerprint density at radius 1 is 1.42 bits per heavy atom. The third-order valence-corrected chi connectivity index (χ3v) is 3.06. The highest BCUT2D eigenvalue weighted by molar-refractivity contribution is 7.85. The fourth-order valence-electron chi connectivity index (χ4n) is 1.01. The topological polar surface area (TPSA) is 37.3 Å². The zero-order chi connectivity index (χ0) is 8.97. The summed E-state index contributed by atoms with van der Waals surface area (Å²) < 4.78 is 11.4. The smallest absolute Gasteiger partial charge is 0.0693 e. The van der Waals surface area contributed by atoms with Crippen LogP contribution in [0.25, 0.3) is 0 Å². The molecule has 1 N–H and O–H groups in total. The molecule has 0 aliphatic carbocycles. The van der Waals surface area contributed by atoms with Crippen molar-refractivity contribution in [2.45, 2.75) is 18.4 Å². The Labute approximate surface area is 74.7 Å². The summed E-state index contributed by atoms with van der Waals surface area (Å²) in [6.07, 6.45) is 0. The number of hydrogen-bond donors (Lipinski definition) is 1. The van der Waals surface area contributed by atoms with Crippen LogP contribution < -0.4 is 0 Å². The molecule has 0 aliphatic heterocycles. The van der Waals surface area contributed by atoms with Crippen LogP contribution in [0.2, 0.25) is 0 Å². The van der Waals surface area contributed by atoms with Crippen LogP contribution >= 0.6 is 0 Å². The lowest BCUT2D eigenvalue weighted by Crippen LogP contribution is -1.99. The van der Waals surface area contributed by atoms with E-state index in [9.17, 15) is 4.21 Å². The van der Waals surface area contributed by atoms with E-state index < -0.39 is 10.8 Å². The first-order valence-corrected chi connectivity index (χ1v) is 5.18. The predicted molar refractivity (Wildman–Crippen MR) is 49.3 cm³/mol. The second-order valence-electron chi connectivity index (χ2n) is 2.40. The molecular weight excluding hydrogens is 172 g/mol. The van der Waals surface area contributed by atoms with Crippen LogP contribution in [0.3, 0.4) is 0 Å². The fourth-order valence-corrected chi connectivity index (χ4v) is 1.98. The van der Waals surface area contributed by atoms with Crippen LogP contribution in [0, 0.1) is 0 Å². The molecule has 0 spiro atoms. The van der Waals surface area contributed by atoms with Gasteiger partial charge >= 0.3 is 0 Å². The predicted octanol–water partition coefficient (Wildman–Crippen LogP) is 1.31. The molecule has 0 saturated heterocycles. The van der Waals surface area contributed by atoms with E-state index in [0.29, 0.717) is 5.75 Å². The molecular formula is C9H12O2S. The third kappa shape index (κ3) is 1.93. The molecule has 1 atom stereocenters. The van der Waals surface area contributed by atoms with Crippen molar-refractivity contribution in [3.63, 3.8) is 0 Å². The maximum Gasteiger partial charge on any atom is 0.0693 e. The highest BCUT2D eigenvalue weighted by atomic mass is 32.2. The number of aliphatic hydroxyl groups is 1. The Kier molecular flexibility index (Phi) is 3.44. The van der Waals surface area contributed by atoms with Gasteiger partial charge in [0, 0.05) is 10.6 Å². The zero-order valence-corrected chi connectivity index (χ0v) is 7.80. The molecule has 0 amide bonds. The van der Waals surface area contributed by atoms with E-state index in [1.165, 1.54) is 0 Å². The molecule has 12 heavy (non-hydrogen) atoms. The molecule has 0 saturated carbocycles. The molecule has 0 aromatic heterocycles. The van der Waals surface area contributed by atoms with Gasteiger partial charge in [-0.15, -0.1) is 0 Å². The molecule has 66 valence electrons. The normalized spacial score (nSPS) is 12.8. The summed E-state index contributed by atoms with van der Waals surface area (Å²) in [6, 6.07) is 7.26. The second-order valence-corrected chi connectivity index (χ2v) is 4.11. The summed E-state index contributed by atoms with van der Waals surface area (Å²) in [6.45, 7) is 1.83. The minimum atomic E-state index is -0.962. The van der Waals surface area contributed by atoms with Crippen molar-refractivity contribution in [2.24, 2.45) is 0 Å². The minimum absolute atomic E-state index is 0.0398. The van der Waals surface area contributed by atoms with Gasteiger partial charge < -0.3 is 5.11 Å². The van der Waals surface area contributed by atoms with E-state index in [4.69, 9.17) is 5.11 Å². The van der Waals surface area contributed by atoms with E-state index >= 15 is 0 Å². The standard InChI is InChI=1S/C9H12O2S/c1-2-12(11)9-6-4-3-5-8(9)7-10/h3-6,10H,2,7H2,1H3. The largest absolute Gasteiger partial charge is 0.392 e. The van der Waals surface area contributed by atoms with Crippen molar-refractivity contribution < 1.29 is 9.32 Å². The van der Waals surface area contributed by atoms with Crippen molar-refractivity contribution in [1.29, 1.82) is 0 Å². The maximum absolute atomic E-state index is 11.4. The molecule has 0 radical (unpaired) electrons. The fraction of sp³-hybridized carbons (Fsp3) is 0.333. The van der Waals surface area contributed by atoms with Gasteiger partial charge in [-0.2, -0.15) is 0 Å². The van der Waals surface area contributed by atoms with E-state index in [1.54, 1.807) is 12.1 Å². The number of rotatable bonds is 3. The van der Waals surface area contributed by atoms with Gasteiger partial charge in [0.25, 0.3) is 0 Å². The third-order valence-electron chi connectivity index (χ3n) is 1.65. The highest BCUT2D eigenvalue weighted by Crippen LogP contribution is 2.13. The van der Waals surface area contributed by atoms with Gasteiger partial charge in [0.05, 0.1) is 17.4 Å². The van der Waals surface area contributed by atoms with Crippen molar-refractivity contribution in [3.8, 4) is 0 Å². The lowest BCUT2D eigenvalue weighted by molar-refractivity contribution is 0.279. The Balaban J connectivity index is 3.04. The molecule has 2 nitrogen and oxygen atoms in total. The molecule has 1 aromatic carbocycles. The van der Waals surface area contributed by atoms with Gasteiger partial charge in [-0.25, -0.2) is 0 Å².